The van der Waals surface area contributed by atoms with Gasteiger partial charge in [-0.25, -0.2) is 0 Å². The summed E-state index contributed by atoms with van der Waals surface area (Å²) in [5.41, 5.74) is 3.76. The first-order valence-electron chi connectivity index (χ1n) is 10.9. The number of hydrogen-bond acceptors (Lipinski definition) is 5. The van der Waals surface area contributed by atoms with Crippen molar-refractivity contribution in [2.75, 3.05) is 50.6 Å². The number of ether oxygens (including phenoxy) is 2. The van der Waals surface area contributed by atoms with Crippen molar-refractivity contribution in [3.8, 4) is 16.9 Å². The highest BCUT2D eigenvalue weighted by Crippen LogP contribution is 2.26. The summed E-state index contributed by atoms with van der Waals surface area (Å²) in [6.07, 6.45) is 0. The maximum absolute atomic E-state index is 12.8. The van der Waals surface area contributed by atoms with E-state index in [1.165, 1.54) is 7.11 Å². The molecule has 0 unspecified atom stereocenters. The lowest BCUT2D eigenvalue weighted by Gasteiger charge is -2.26. The van der Waals surface area contributed by atoms with Gasteiger partial charge in [-0.2, -0.15) is 0 Å². The molecule has 0 atom stereocenters. The average Bonchev–Trinajstić information content (AvgIpc) is 2.85. The minimum atomic E-state index is -0.270. The van der Waals surface area contributed by atoms with Gasteiger partial charge in [0, 0.05) is 24.3 Å². The van der Waals surface area contributed by atoms with Gasteiger partial charge in [0.2, 0.25) is 5.91 Å². The number of benzene rings is 3. The average molecular weight is 446 g/mol. The Morgan fingerprint density at radius 1 is 0.909 bits per heavy atom. The van der Waals surface area contributed by atoms with Gasteiger partial charge in [0.05, 0.1) is 32.6 Å². The van der Waals surface area contributed by atoms with E-state index < -0.39 is 0 Å². The van der Waals surface area contributed by atoms with E-state index in [4.69, 9.17) is 9.47 Å². The summed E-state index contributed by atoms with van der Waals surface area (Å²) in [6, 6.07) is 22.7. The van der Waals surface area contributed by atoms with E-state index >= 15 is 0 Å². The van der Waals surface area contributed by atoms with Crippen LogP contribution in [0.4, 0.5) is 11.4 Å². The number of nitrogens with zero attached hydrogens (tertiary/aromatic N) is 1. The number of carbonyl (C=O) groups is 2. The highest BCUT2D eigenvalue weighted by molar-refractivity contribution is 6.06. The van der Waals surface area contributed by atoms with E-state index in [1.807, 2.05) is 59.5 Å². The van der Waals surface area contributed by atoms with E-state index in [1.54, 1.807) is 18.2 Å². The zero-order valence-corrected chi connectivity index (χ0v) is 18.5. The van der Waals surface area contributed by atoms with Crippen LogP contribution in [0.15, 0.2) is 72.8 Å². The van der Waals surface area contributed by atoms with E-state index in [0.29, 0.717) is 35.9 Å². The van der Waals surface area contributed by atoms with E-state index in [2.05, 4.69) is 10.6 Å². The van der Waals surface area contributed by atoms with Crippen molar-refractivity contribution in [3.05, 3.63) is 78.4 Å². The molecular weight excluding hydrogens is 418 g/mol. The Labute approximate surface area is 193 Å². The Morgan fingerprint density at radius 3 is 2.30 bits per heavy atom. The number of amides is 2. The van der Waals surface area contributed by atoms with Crippen molar-refractivity contribution in [1.82, 2.24) is 4.90 Å². The monoisotopic (exact) mass is 445 g/mol. The fourth-order valence-electron chi connectivity index (χ4n) is 3.68. The Kier molecular flexibility index (Phi) is 7.34. The molecule has 0 aliphatic carbocycles. The summed E-state index contributed by atoms with van der Waals surface area (Å²) in [4.78, 5) is 27.4. The number of methoxy groups -OCH3 is 1. The van der Waals surface area contributed by atoms with Gasteiger partial charge < -0.3 is 20.1 Å². The molecule has 170 valence electrons. The van der Waals surface area contributed by atoms with Crippen molar-refractivity contribution in [2.24, 2.45) is 0 Å². The first kappa shape index (κ1) is 22.5. The fraction of sp³-hybridized carbons (Fsp3) is 0.231. The second-order valence-corrected chi connectivity index (χ2v) is 7.75. The lowest BCUT2D eigenvalue weighted by molar-refractivity contribution is -0.118. The third kappa shape index (κ3) is 5.97. The van der Waals surface area contributed by atoms with E-state index in [-0.39, 0.29) is 18.4 Å². The summed E-state index contributed by atoms with van der Waals surface area (Å²) in [5, 5.41) is 5.77. The van der Waals surface area contributed by atoms with Crippen LogP contribution in [0, 0.1) is 0 Å². The molecule has 0 aromatic heterocycles. The Hall–Kier alpha value is -3.68. The first-order chi connectivity index (χ1) is 16.1. The van der Waals surface area contributed by atoms with Crippen LogP contribution in [0.25, 0.3) is 11.1 Å². The molecule has 2 N–H and O–H groups in total. The Morgan fingerprint density at radius 2 is 1.61 bits per heavy atom. The molecule has 0 bridgehead atoms. The normalized spacial score (nSPS) is 13.8. The molecule has 33 heavy (non-hydrogen) atoms. The number of nitrogens with one attached hydrogen (secondary N) is 2. The molecule has 1 heterocycles. The van der Waals surface area contributed by atoms with Crippen molar-refractivity contribution in [1.29, 1.82) is 0 Å². The van der Waals surface area contributed by atoms with Gasteiger partial charge in [0.25, 0.3) is 5.91 Å². The quantitative estimate of drug-likeness (QED) is 0.577. The molecule has 0 radical (unpaired) electrons. The topological polar surface area (TPSA) is 79.9 Å². The zero-order chi connectivity index (χ0) is 23.0. The van der Waals surface area contributed by atoms with E-state index in [9.17, 15) is 9.59 Å². The second kappa shape index (κ2) is 10.8. The van der Waals surface area contributed by atoms with Gasteiger partial charge in [-0.05, 0) is 41.5 Å². The minimum absolute atomic E-state index is 0.163. The van der Waals surface area contributed by atoms with Gasteiger partial charge in [-0.1, -0.05) is 42.5 Å². The number of hydrogen-bond donors (Lipinski definition) is 2. The SMILES string of the molecule is COc1ccc(C(=O)Nc2ccc(-c3ccccc3)cc2)cc1NC(=O)CN1CCOCC1. The second-order valence-electron chi connectivity index (χ2n) is 7.75. The van der Waals surface area contributed by atoms with Crippen molar-refractivity contribution >= 4 is 23.2 Å². The molecule has 0 saturated carbocycles. The molecule has 7 heteroatoms. The van der Waals surface area contributed by atoms with Crippen molar-refractivity contribution in [2.45, 2.75) is 0 Å². The third-order valence-corrected chi connectivity index (χ3v) is 5.46. The standard InChI is InChI=1S/C26H27N3O4/c1-32-24-12-9-21(17-23(24)28-25(30)18-29-13-15-33-16-14-29)26(31)27-22-10-7-20(8-11-22)19-5-3-2-4-6-19/h2-12,17H,13-16,18H2,1H3,(H,27,31)(H,28,30). The summed E-state index contributed by atoms with van der Waals surface area (Å²) in [7, 11) is 1.53. The molecule has 1 aliphatic heterocycles. The van der Waals surface area contributed by atoms with E-state index in [0.717, 1.165) is 24.2 Å². The molecule has 2 amide bonds. The third-order valence-electron chi connectivity index (χ3n) is 5.46. The lowest BCUT2D eigenvalue weighted by Crippen LogP contribution is -2.41. The van der Waals surface area contributed by atoms with Gasteiger partial charge in [0.1, 0.15) is 5.75 Å². The highest BCUT2D eigenvalue weighted by Gasteiger charge is 2.17. The van der Waals surface area contributed by atoms with Crippen LogP contribution in [0.2, 0.25) is 0 Å². The Balaban J connectivity index is 1.42. The molecule has 1 fully saturated rings. The fourth-order valence-corrected chi connectivity index (χ4v) is 3.68. The predicted octanol–water partition coefficient (Wildman–Crippen LogP) is 3.89. The zero-order valence-electron chi connectivity index (χ0n) is 18.5. The Bertz CT molecular complexity index is 1090. The molecule has 3 aromatic rings. The lowest BCUT2D eigenvalue weighted by atomic mass is 10.1. The first-order valence-corrected chi connectivity index (χ1v) is 10.9. The smallest absolute Gasteiger partial charge is 0.255 e. The van der Waals surface area contributed by atoms with Crippen LogP contribution in [0.5, 0.6) is 5.75 Å². The predicted molar refractivity (Wildman–Crippen MR) is 129 cm³/mol. The van der Waals surface area contributed by atoms with Crippen LogP contribution < -0.4 is 15.4 Å². The minimum Gasteiger partial charge on any atom is -0.495 e. The maximum atomic E-state index is 12.8. The van der Waals surface area contributed by atoms with Crippen molar-refractivity contribution in [3.63, 3.8) is 0 Å². The van der Waals surface area contributed by atoms with Crippen LogP contribution in [0.1, 0.15) is 10.4 Å². The molecule has 1 saturated heterocycles. The molecule has 3 aromatic carbocycles. The van der Waals surface area contributed by atoms with Gasteiger partial charge in [0.15, 0.2) is 0 Å². The molecule has 1 aliphatic rings. The molecular formula is C26H27N3O4. The largest absolute Gasteiger partial charge is 0.495 e. The van der Waals surface area contributed by atoms with Gasteiger partial charge in [-0.15, -0.1) is 0 Å². The highest BCUT2D eigenvalue weighted by atomic mass is 16.5. The molecule has 4 rings (SSSR count). The number of anilines is 2. The number of morpholine rings is 1. The van der Waals surface area contributed by atoms with Crippen LogP contribution in [-0.2, 0) is 9.53 Å². The molecule has 7 nitrogen and oxygen atoms in total. The summed E-state index contributed by atoms with van der Waals surface area (Å²) < 4.78 is 10.7. The van der Waals surface area contributed by atoms with Gasteiger partial charge >= 0.3 is 0 Å². The van der Waals surface area contributed by atoms with Crippen molar-refractivity contribution < 1.29 is 19.1 Å². The summed E-state index contributed by atoms with van der Waals surface area (Å²) in [5.74, 6) is 0.0622. The summed E-state index contributed by atoms with van der Waals surface area (Å²) >= 11 is 0. The number of rotatable bonds is 7. The van der Waals surface area contributed by atoms with Crippen LogP contribution in [-0.4, -0.2) is 56.7 Å². The van der Waals surface area contributed by atoms with Gasteiger partial charge in [-0.3, -0.25) is 14.5 Å². The molecule has 0 spiro atoms. The summed E-state index contributed by atoms with van der Waals surface area (Å²) in [6.45, 7) is 2.94. The van der Waals surface area contributed by atoms with Crippen LogP contribution >= 0.6 is 0 Å². The van der Waals surface area contributed by atoms with Crippen LogP contribution in [0.3, 0.4) is 0 Å². The number of carbonyl (C=O) groups excluding carboxylic acids is 2. The maximum Gasteiger partial charge on any atom is 0.255 e.